The predicted molar refractivity (Wildman–Crippen MR) is 82.4 cm³/mol. The van der Waals surface area contributed by atoms with Crippen molar-refractivity contribution in [2.24, 2.45) is 0 Å². The molecule has 2 aromatic carbocycles. The van der Waals surface area contributed by atoms with Gasteiger partial charge >= 0.3 is 7.12 Å². The van der Waals surface area contributed by atoms with Gasteiger partial charge in [-0.2, -0.15) is 11.8 Å². The zero-order chi connectivity index (χ0) is 14.5. The molecule has 0 aliphatic carbocycles. The van der Waals surface area contributed by atoms with Crippen LogP contribution in [0.15, 0.2) is 42.5 Å². The van der Waals surface area contributed by atoms with E-state index in [1.54, 1.807) is 17.8 Å². The molecule has 0 aromatic heterocycles. The Kier molecular flexibility index (Phi) is 5.23. The smallest absolute Gasteiger partial charge is 0.423 e. The van der Waals surface area contributed by atoms with Crippen molar-refractivity contribution in [1.29, 1.82) is 0 Å². The Morgan fingerprint density at radius 2 is 1.90 bits per heavy atom. The Morgan fingerprint density at radius 1 is 1.10 bits per heavy atom. The lowest BCUT2D eigenvalue weighted by molar-refractivity contribution is 0.425. The van der Waals surface area contributed by atoms with Gasteiger partial charge in [0.2, 0.25) is 0 Å². The molecule has 20 heavy (non-hydrogen) atoms. The summed E-state index contributed by atoms with van der Waals surface area (Å²) in [6.07, 6.45) is 0. The van der Waals surface area contributed by atoms with Crippen molar-refractivity contribution in [2.75, 3.05) is 0 Å². The van der Waals surface area contributed by atoms with Crippen LogP contribution in [0.25, 0.3) is 0 Å². The summed E-state index contributed by atoms with van der Waals surface area (Å²) in [6.45, 7) is 2.05. The summed E-state index contributed by atoms with van der Waals surface area (Å²) in [7, 11) is -1.64. The second-order valence-electron chi connectivity index (χ2n) is 4.70. The van der Waals surface area contributed by atoms with Crippen LogP contribution in [0.3, 0.4) is 0 Å². The minimum atomic E-state index is -1.64. The first-order chi connectivity index (χ1) is 9.56. The highest BCUT2D eigenvalue weighted by atomic mass is 32.2. The number of hydrogen-bond acceptors (Lipinski definition) is 3. The van der Waals surface area contributed by atoms with Crippen molar-refractivity contribution in [2.45, 2.75) is 18.4 Å². The van der Waals surface area contributed by atoms with Crippen LogP contribution in [0.1, 0.15) is 16.7 Å². The van der Waals surface area contributed by atoms with E-state index >= 15 is 0 Å². The van der Waals surface area contributed by atoms with Gasteiger partial charge in [0.25, 0.3) is 0 Å². The fourth-order valence-electron chi connectivity index (χ4n) is 2.02. The van der Waals surface area contributed by atoms with Crippen LogP contribution in [0.2, 0.25) is 0 Å². The molecular formula is C15H16BFO2S. The first-order valence-electron chi connectivity index (χ1n) is 6.34. The summed E-state index contributed by atoms with van der Waals surface area (Å²) in [5, 5.41) is 18.5. The number of benzene rings is 2. The van der Waals surface area contributed by atoms with Gasteiger partial charge in [0.1, 0.15) is 5.82 Å². The molecule has 0 aliphatic rings. The molecule has 0 bridgehead atoms. The molecule has 2 aromatic rings. The van der Waals surface area contributed by atoms with Gasteiger partial charge in [0.05, 0.1) is 0 Å². The SMILES string of the molecule is Cc1cccc(CSCc2ccc(F)cc2B(O)O)c1. The summed E-state index contributed by atoms with van der Waals surface area (Å²) < 4.78 is 13.1. The van der Waals surface area contributed by atoms with Crippen LogP contribution in [0.5, 0.6) is 0 Å². The minimum Gasteiger partial charge on any atom is -0.423 e. The molecule has 0 radical (unpaired) electrons. The molecule has 0 saturated carbocycles. The Morgan fingerprint density at radius 3 is 2.60 bits per heavy atom. The normalized spacial score (nSPS) is 10.6. The maximum Gasteiger partial charge on any atom is 0.488 e. The molecule has 5 heteroatoms. The fourth-order valence-corrected chi connectivity index (χ4v) is 3.02. The average molecular weight is 290 g/mol. The molecule has 0 amide bonds. The van der Waals surface area contributed by atoms with Gasteiger partial charge in [-0.1, -0.05) is 35.9 Å². The first-order valence-corrected chi connectivity index (χ1v) is 7.49. The van der Waals surface area contributed by atoms with Crippen LogP contribution < -0.4 is 5.46 Å². The van der Waals surface area contributed by atoms with Gasteiger partial charge in [0, 0.05) is 11.5 Å². The van der Waals surface area contributed by atoms with E-state index in [4.69, 9.17) is 0 Å². The molecular weight excluding hydrogens is 274 g/mol. The zero-order valence-corrected chi connectivity index (χ0v) is 12.0. The van der Waals surface area contributed by atoms with Crippen LogP contribution >= 0.6 is 11.8 Å². The highest BCUT2D eigenvalue weighted by molar-refractivity contribution is 7.97. The maximum absolute atomic E-state index is 13.1. The molecule has 0 spiro atoms. The topological polar surface area (TPSA) is 40.5 Å². The van der Waals surface area contributed by atoms with Gasteiger partial charge in [0.15, 0.2) is 0 Å². The lowest BCUT2D eigenvalue weighted by Crippen LogP contribution is -2.33. The van der Waals surface area contributed by atoms with Gasteiger partial charge in [-0.05, 0) is 35.6 Å². The van der Waals surface area contributed by atoms with E-state index in [1.807, 2.05) is 19.1 Å². The summed E-state index contributed by atoms with van der Waals surface area (Å²) in [5.74, 6) is 0.988. The summed E-state index contributed by atoms with van der Waals surface area (Å²) in [4.78, 5) is 0. The standard InChI is InChI=1S/C15H16BFO2S/c1-11-3-2-4-12(7-11)9-20-10-13-5-6-14(17)8-15(13)16(18)19/h2-8,18-19H,9-10H2,1H3. The Bertz CT molecular complexity index is 590. The molecule has 104 valence electrons. The van der Waals surface area contributed by atoms with Crippen molar-refractivity contribution in [3.63, 3.8) is 0 Å². The van der Waals surface area contributed by atoms with E-state index in [0.29, 0.717) is 5.75 Å². The lowest BCUT2D eigenvalue weighted by Gasteiger charge is -2.09. The Hall–Kier alpha value is -1.30. The number of aryl methyl sites for hydroxylation is 1. The number of rotatable bonds is 5. The lowest BCUT2D eigenvalue weighted by atomic mass is 9.77. The summed E-state index contributed by atoms with van der Waals surface area (Å²) in [6, 6.07) is 12.4. The molecule has 2 nitrogen and oxygen atoms in total. The van der Waals surface area contributed by atoms with Crippen molar-refractivity contribution in [3.05, 3.63) is 65.0 Å². The predicted octanol–water partition coefficient (Wildman–Crippen LogP) is 2.25. The van der Waals surface area contributed by atoms with E-state index in [9.17, 15) is 14.4 Å². The highest BCUT2D eigenvalue weighted by Gasteiger charge is 2.16. The molecule has 2 rings (SSSR count). The van der Waals surface area contributed by atoms with Crippen LogP contribution in [-0.4, -0.2) is 17.2 Å². The highest BCUT2D eigenvalue weighted by Crippen LogP contribution is 2.18. The van der Waals surface area contributed by atoms with Crippen molar-refractivity contribution in [3.8, 4) is 0 Å². The van der Waals surface area contributed by atoms with E-state index < -0.39 is 12.9 Å². The molecule has 0 atom stereocenters. The van der Waals surface area contributed by atoms with Crippen molar-refractivity contribution < 1.29 is 14.4 Å². The number of thioether (sulfide) groups is 1. The zero-order valence-electron chi connectivity index (χ0n) is 11.2. The third-order valence-electron chi connectivity index (χ3n) is 2.99. The molecule has 0 aliphatic heterocycles. The first kappa shape index (κ1) is 15.1. The average Bonchev–Trinajstić information content (AvgIpc) is 2.40. The van der Waals surface area contributed by atoms with Gasteiger partial charge in [-0.25, -0.2) is 4.39 Å². The second kappa shape index (κ2) is 6.93. The Balaban J connectivity index is 2.01. The number of halogens is 1. The second-order valence-corrected chi connectivity index (χ2v) is 5.68. The van der Waals surface area contributed by atoms with Crippen LogP contribution in [-0.2, 0) is 11.5 Å². The van der Waals surface area contributed by atoms with Gasteiger partial charge in [-0.15, -0.1) is 0 Å². The van der Waals surface area contributed by atoms with Gasteiger partial charge < -0.3 is 10.0 Å². The van der Waals surface area contributed by atoms with E-state index in [-0.39, 0.29) is 5.46 Å². The quantitative estimate of drug-likeness (QED) is 0.830. The van der Waals surface area contributed by atoms with Crippen LogP contribution in [0.4, 0.5) is 4.39 Å². The third kappa shape index (κ3) is 4.10. The molecule has 2 N–H and O–H groups in total. The third-order valence-corrected chi connectivity index (χ3v) is 4.05. The van der Waals surface area contributed by atoms with Crippen LogP contribution in [0, 0.1) is 12.7 Å². The van der Waals surface area contributed by atoms with Gasteiger partial charge in [-0.3, -0.25) is 0 Å². The molecule has 0 heterocycles. The van der Waals surface area contributed by atoms with E-state index in [2.05, 4.69) is 12.1 Å². The van der Waals surface area contributed by atoms with E-state index in [1.165, 1.54) is 23.3 Å². The molecule has 0 fully saturated rings. The summed E-state index contributed by atoms with van der Waals surface area (Å²) >= 11 is 1.66. The largest absolute Gasteiger partial charge is 0.488 e. The monoisotopic (exact) mass is 290 g/mol. The maximum atomic E-state index is 13.1. The molecule has 0 saturated heterocycles. The minimum absolute atomic E-state index is 0.238. The summed E-state index contributed by atoms with van der Waals surface area (Å²) in [5.41, 5.74) is 3.43. The van der Waals surface area contributed by atoms with Crippen molar-refractivity contribution in [1.82, 2.24) is 0 Å². The molecule has 0 unspecified atom stereocenters. The number of hydrogen-bond donors (Lipinski definition) is 2. The van der Waals surface area contributed by atoms with E-state index in [0.717, 1.165) is 11.3 Å². The van der Waals surface area contributed by atoms with Crippen molar-refractivity contribution >= 4 is 24.3 Å². The Labute approximate surface area is 122 Å². The fraction of sp³-hybridized carbons (Fsp3) is 0.200.